The molecule has 1 saturated heterocycles. The highest BCUT2D eigenvalue weighted by Gasteiger charge is 2.26. The summed E-state index contributed by atoms with van der Waals surface area (Å²) < 4.78 is 14.9. The van der Waals surface area contributed by atoms with Gasteiger partial charge < -0.3 is 4.90 Å². The molecular weight excluding hydrogens is 401 g/mol. The van der Waals surface area contributed by atoms with Crippen molar-refractivity contribution in [3.05, 3.63) is 64.7 Å². The van der Waals surface area contributed by atoms with Crippen molar-refractivity contribution in [3.8, 4) is 5.69 Å². The van der Waals surface area contributed by atoms with Gasteiger partial charge in [0.2, 0.25) is 5.91 Å². The fraction of sp³-hybridized carbons (Fsp3) is 0.348. The second kappa shape index (κ2) is 8.60. The summed E-state index contributed by atoms with van der Waals surface area (Å²) in [6, 6.07) is 12.8. The summed E-state index contributed by atoms with van der Waals surface area (Å²) in [6.45, 7) is 5.86. The molecule has 0 spiro atoms. The molecule has 4 rings (SSSR count). The van der Waals surface area contributed by atoms with Crippen molar-refractivity contribution in [2.45, 2.75) is 25.4 Å². The number of hydrogen-bond acceptors (Lipinski definition) is 4. The fourth-order valence-electron chi connectivity index (χ4n) is 4.11. The number of benzene rings is 2. The molecule has 0 saturated carbocycles. The van der Waals surface area contributed by atoms with Crippen LogP contribution in [0.5, 0.6) is 0 Å². The number of thioether (sulfide) groups is 1. The van der Waals surface area contributed by atoms with Gasteiger partial charge in [0.1, 0.15) is 5.82 Å². The molecule has 1 aliphatic rings. The summed E-state index contributed by atoms with van der Waals surface area (Å²) >= 11 is 1.25. The molecule has 1 aliphatic heterocycles. The summed E-state index contributed by atoms with van der Waals surface area (Å²) in [7, 11) is 0. The number of amides is 1. The van der Waals surface area contributed by atoms with Gasteiger partial charge in [0.05, 0.1) is 22.3 Å². The largest absolute Gasteiger partial charge is 0.341 e. The molecule has 0 bridgehead atoms. The van der Waals surface area contributed by atoms with Gasteiger partial charge in [0, 0.05) is 13.1 Å². The molecule has 156 valence electrons. The monoisotopic (exact) mass is 425 g/mol. The normalized spacial score (nSPS) is 19.2. The van der Waals surface area contributed by atoms with Gasteiger partial charge in [0.25, 0.3) is 5.56 Å². The van der Waals surface area contributed by atoms with Crippen LogP contribution in [0.25, 0.3) is 16.6 Å². The first kappa shape index (κ1) is 20.6. The van der Waals surface area contributed by atoms with Gasteiger partial charge in [-0.15, -0.1) is 0 Å². The van der Waals surface area contributed by atoms with Crippen molar-refractivity contribution in [1.82, 2.24) is 14.5 Å². The maximum absolute atomic E-state index is 13.4. The Balaban J connectivity index is 1.67. The first-order chi connectivity index (χ1) is 14.4. The van der Waals surface area contributed by atoms with E-state index >= 15 is 0 Å². The highest BCUT2D eigenvalue weighted by atomic mass is 32.2. The number of carbonyl (C=O) groups is 1. The van der Waals surface area contributed by atoms with Crippen LogP contribution in [-0.4, -0.2) is 39.2 Å². The standard InChI is InChI=1S/C23H24FN3O2S/c1-15-11-16(2)13-26(12-15)21(28)14-30-23-25-20-6-4-3-5-19(20)22(29)27(23)18-9-7-17(24)8-10-18/h3-10,15-16H,11-14H2,1-2H3/t15-,16+. The molecule has 0 N–H and O–H groups in total. The van der Waals surface area contributed by atoms with Crippen LogP contribution in [0, 0.1) is 17.7 Å². The Labute approximate surface area is 178 Å². The highest BCUT2D eigenvalue weighted by molar-refractivity contribution is 7.99. The van der Waals surface area contributed by atoms with E-state index in [-0.39, 0.29) is 23.0 Å². The van der Waals surface area contributed by atoms with E-state index in [1.807, 2.05) is 11.0 Å². The summed E-state index contributed by atoms with van der Waals surface area (Å²) in [5.74, 6) is 0.841. The number of halogens is 1. The first-order valence-electron chi connectivity index (χ1n) is 10.1. The van der Waals surface area contributed by atoms with E-state index in [0.29, 0.717) is 33.6 Å². The molecule has 30 heavy (non-hydrogen) atoms. The summed E-state index contributed by atoms with van der Waals surface area (Å²) in [4.78, 5) is 32.6. The molecule has 1 fully saturated rings. The summed E-state index contributed by atoms with van der Waals surface area (Å²) in [6.07, 6.45) is 1.13. The fourth-order valence-corrected chi connectivity index (χ4v) is 5.03. The van der Waals surface area contributed by atoms with Crippen molar-refractivity contribution in [1.29, 1.82) is 0 Å². The van der Waals surface area contributed by atoms with Crippen LogP contribution < -0.4 is 5.56 Å². The Morgan fingerprint density at radius 3 is 2.47 bits per heavy atom. The number of aromatic nitrogens is 2. The SMILES string of the molecule is C[C@@H]1C[C@H](C)CN(C(=O)CSc2nc3ccccc3c(=O)n2-c2ccc(F)cc2)C1. The van der Waals surface area contributed by atoms with E-state index in [4.69, 9.17) is 0 Å². The predicted molar refractivity (Wildman–Crippen MR) is 118 cm³/mol. The smallest absolute Gasteiger partial charge is 0.266 e. The molecule has 2 heterocycles. The second-order valence-corrected chi connectivity index (χ2v) is 9.00. The van der Waals surface area contributed by atoms with Crippen LogP contribution in [0.1, 0.15) is 20.3 Å². The number of carbonyl (C=O) groups excluding carboxylic acids is 1. The third-order valence-corrected chi connectivity index (χ3v) is 6.30. The molecule has 0 aliphatic carbocycles. The van der Waals surface area contributed by atoms with Crippen molar-refractivity contribution in [2.75, 3.05) is 18.8 Å². The predicted octanol–water partition coefficient (Wildman–Crippen LogP) is 4.12. The third kappa shape index (κ3) is 4.26. The van der Waals surface area contributed by atoms with E-state index in [1.165, 1.54) is 28.5 Å². The third-order valence-electron chi connectivity index (χ3n) is 5.38. The van der Waals surface area contributed by atoms with E-state index in [1.54, 1.807) is 30.3 Å². The van der Waals surface area contributed by atoms with Crippen LogP contribution in [0.15, 0.2) is 58.5 Å². The lowest BCUT2D eigenvalue weighted by molar-refractivity contribution is -0.130. The molecule has 1 amide bonds. The lowest BCUT2D eigenvalue weighted by atomic mass is 9.92. The zero-order chi connectivity index (χ0) is 21.3. The van der Waals surface area contributed by atoms with E-state index in [2.05, 4.69) is 18.8 Å². The molecular formula is C23H24FN3O2S. The van der Waals surface area contributed by atoms with Crippen LogP contribution >= 0.6 is 11.8 Å². The number of fused-ring (bicyclic) bond motifs is 1. The molecule has 0 radical (unpaired) electrons. The van der Waals surface area contributed by atoms with Crippen LogP contribution in [0.3, 0.4) is 0 Å². The number of nitrogens with zero attached hydrogens (tertiary/aromatic N) is 3. The quantitative estimate of drug-likeness (QED) is 0.466. The van der Waals surface area contributed by atoms with Crippen molar-refractivity contribution in [3.63, 3.8) is 0 Å². The van der Waals surface area contributed by atoms with Gasteiger partial charge in [-0.1, -0.05) is 37.7 Å². The minimum absolute atomic E-state index is 0.0477. The molecule has 7 heteroatoms. The maximum atomic E-state index is 13.4. The zero-order valence-corrected chi connectivity index (χ0v) is 17.9. The zero-order valence-electron chi connectivity index (χ0n) is 17.0. The minimum atomic E-state index is -0.377. The van der Waals surface area contributed by atoms with E-state index in [9.17, 15) is 14.0 Å². The molecule has 5 nitrogen and oxygen atoms in total. The van der Waals surface area contributed by atoms with Crippen molar-refractivity contribution >= 4 is 28.6 Å². The number of piperidine rings is 1. The average molecular weight is 426 g/mol. The number of rotatable bonds is 4. The first-order valence-corrected chi connectivity index (χ1v) is 11.1. The van der Waals surface area contributed by atoms with Crippen molar-refractivity contribution in [2.24, 2.45) is 11.8 Å². The Kier molecular flexibility index (Phi) is 5.90. The van der Waals surface area contributed by atoms with Gasteiger partial charge in [-0.25, -0.2) is 9.37 Å². The Morgan fingerprint density at radius 2 is 1.77 bits per heavy atom. The van der Waals surface area contributed by atoms with Crippen LogP contribution in [-0.2, 0) is 4.79 Å². The number of hydrogen-bond donors (Lipinski definition) is 0. The van der Waals surface area contributed by atoms with E-state index < -0.39 is 0 Å². The Bertz CT molecular complexity index is 1120. The molecule has 2 aromatic carbocycles. The maximum Gasteiger partial charge on any atom is 0.266 e. The molecule has 0 unspecified atom stereocenters. The van der Waals surface area contributed by atoms with Crippen LogP contribution in [0.4, 0.5) is 4.39 Å². The number of likely N-dealkylation sites (tertiary alicyclic amines) is 1. The summed E-state index contributed by atoms with van der Waals surface area (Å²) in [5, 5.41) is 0.910. The number of para-hydroxylation sites is 1. The minimum Gasteiger partial charge on any atom is -0.341 e. The van der Waals surface area contributed by atoms with Gasteiger partial charge in [-0.2, -0.15) is 0 Å². The molecule has 3 aromatic rings. The van der Waals surface area contributed by atoms with Crippen LogP contribution in [0.2, 0.25) is 0 Å². The topological polar surface area (TPSA) is 55.2 Å². The van der Waals surface area contributed by atoms with Gasteiger partial charge >= 0.3 is 0 Å². The van der Waals surface area contributed by atoms with E-state index in [0.717, 1.165) is 19.5 Å². The summed E-state index contributed by atoms with van der Waals surface area (Å²) in [5.41, 5.74) is 0.869. The highest BCUT2D eigenvalue weighted by Crippen LogP contribution is 2.25. The van der Waals surface area contributed by atoms with Crippen molar-refractivity contribution < 1.29 is 9.18 Å². The van der Waals surface area contributed by atoms with Gasteiger partial charge in [-0.3, -0.25) is 14.2 Å². The molecule has 2 atom stereocenters. The Morgan fingerprint density at radius 1 is 1.10 bits per heavy atom. The lowest BCUT2D eigenvalue weighted by Gasteiger charge is -2.35. The average Bonchev–Trinajstić information content (AvgIpc) is 2.72. The second-order valence-electron chi connectivity index (χ2n) is 8.06. The van der Waals surface area contributed by atoms with Gasteiger partial charge in [0.15, 0.2) is 5.16 Å². The Hall–Kier alpha value is -2.67. The molecule has 1 aromatic heterocycles. The van der Waals surface area contributed by atoms with Gasteiger partial charge in [-0.05, 0) is 54.7 Å². The lowest BCUT2D eigenvalue weighted by Crippen LogP contribution is -2.43.